The number of rotatable bonds is 7. The van der Waals surface area contributed by atoms with Crippen molar-refractivity contribution < 1.29 is 4.79 Å². The summed E-state index contributed by atoms with van der Waals surface area (Å²) in [7, 11) is 0. The van der Waals surface area contributed by atoms with E-state index >= 15 is 0 Å². The number of aromatic nitrogens is 4. The van der Waals surface area contributed by atoms with E-state index in [1.807, 2.05) is 60.0 Å². The molecular weight excluding hydrogens is 418 g/mol. The molecule has 0 aliphatic heterocycles. The van der Waals surface area contributed by atoms with Gasteiger partial charge in [-0.2, -0.15) is 0 Å². The van der Waals surface area contributed by atoms with E-state index in [1.54, 1.807) is 11.1 Å². The van der Waals surface area contributed by atoms with Gasteiger partial charge >= 0.3 is 0 Å². The number of thioether (sulfide) groups is 1. The van der Waals surface area contributed by atoms with Crippen LogP contribution < -0.4 is 4.90 Å². The van der Waals surface area contributed by atoms with Crippen molar-refractivity contribution in [3.8, 4) is 17.2 Å². The monoisotopic (exact) mass is 443 g/mol. The Morgan fingerprint density at radius 3 is 2.47 bits per heavy atom. The first-order valence-electron chi connectivity index (χ1n) is 10.5. The molecule has 2 heterocycles. The third-order valence-corrected chi connectivity index (χ3v) is 6.04. The highest BCUT2D eigenvalue weighted by atomic mass is 32.2. The van der Waals surface area contributed by atoms with Gasteiger partial charge in [-0.3, -0.25) is 14.3 Å². The lowest BCUT2D eigenvalue weighted by Gasteiger charge is -2.21. The zero-order chi connectivity index (χ0) is 22.5. The van der Waals surface area contributed by atoms with Gasteiger partial charge in [0.1, 0.15) is 5.69 Å². The molecule has 0 aliphatic rings. The van der Waals surface area contributed by atoms with Crippen molar-refractivity contribution in [2.45, 2.75) is 25.9 Å². The summed E-state index contributed by atoms with van der Waals surface area (Å²) < 4.78 is 1.99. The molecule has 2 aromatic heterocycles. The topological polar surface area (TPSA) is 63.9 Å². The highest BCUT2D eigenvalue weighted by molar-refractivity contribution is 7.99. The SMILES string of the molecule is CCN(C(=O)CSc1nnc(-c2ccccn2)n1-c1ccc(C)cc1C)c1ccccc1. The van der Waals surface area contributed by atoms with Gasteiger partial charge in [-0.15, -0.1) is 10.2 Å². The second-order valence-corrected chi connectivity index (χ2v) is 8.35. The lowest BCUT2D eigenvalue weighted by atomic mass is 10.1. The van der Waals surface area contributed by atoms with Crippen LogP contribution in [0.3, 0.4) is 0 Å². The number of carbonyl (C=O) groups excluding carboxylic acids is 1. The number of carbonyl (C=O) groups is 1. The summed E-state index contributed by atoms with van der Waals surface area (Å²) in [6.45, 7) is 6.72. The van der Waals surface area contributed by atoms with Gasteiger partial charge in [0.2, 0.25) is 5.91 Å². The van der Waals surface area contributed by atoms with Crippen LogP contribution in [0, 0.1) is 13.8 Å². The maximum Gasteiger partial charge on any atom is 0.237 e. The minimum Gasteiger partial charge on any atom is -0.312 e. The van der Waals surface area contributed by atoms with Gasteiger partial charge < -0.3 is 4.90 Å². The summed E-state index contributed by atoms with van der Waals surface area (Å²) in [6, 6.07) is 21.7. The molecule has 0 saturated carbocycles. The highest BCUT2D eigenvalue weighted by Crippen LogP contribution is 2.29. The molecule has 0 atom stereocenters. The smallest absolute Gasteiger partial charge is 0.237 e. The largest absolute Gasteiger partial charge is 0.312 e. The number of para-hydroxylation sites is 1. The Balaban J connectivity index is 1.67. The Kier molecular flexibility index (Phi) is 6.66. The molecular formula is C25H25N5OS. The van der Waals surface area contributed by atoms with E-state index in [1.165, 1.54) is 17.3 Å². The van der Waals surface area contributed by atoms with E-state index in [9.17, 15) is 4.79 Å². The maximum absolute atomic E-state index is 13.0. The fourth-order valence-electron chi connectivity index (χ4n) is 3.61. The Bertz CT molecular complexity index is 1210. The van der Waals surface area contributed by atoms with Crippen LogP contribution in [0.4, 0.5) is 5.69 Å². The van der Waals surface area contributed by atoms with Crippen LogP contribution in [-0.4, -0.2) is 38.0 Å². The molecule has 1 amide bonds. The quantitative estimate of drug-likeness (QED) is 0.372. The van der Waals surface area contributed by atoms with Crippen molar-refractivity contribution in [3.05, 3.63) is 84.1 Å². The van der Waals surface area contributed by atoms with E-state index in [2.05, 4.69) is 47.2 Å². The number of amides is 1. The average molecular weight is 444 g/mol. The molecule has 6 nitrogen and oxygen atoms in total. The number of nitrogens with zero attached hydrogens (tertiary/aromatic N) is 5. The zero-order valence-corrected chi connectivity index (χ0v) is 19.2. The van der Waals surface area contributed by atoms with E-state index in [0.29, 0.717) is 17.5 Å². The van der Waals surface area contributed by atoms with Gasteiger partial charge in [0.15, 0.2) is 11.0 Å². The molecule has 0 N–H and O–H groups in total. The van der Waals surface area contributed by atoms with Gasteiger partial charge in [-0.25, -0.2) is 0 Å². The molecule has 0 bridgehead atoms. The molecule has 32 heavy (non-hydrogen) atoms. The molecule has 0 fully saturated rings. The van der Waals surface area contributed by atoms with Crippen LogP contribution in [0.2, 0.25) is 0 Å². The molecule has 2 aromatic carbocycles. The van der Waals surface area contributed by atoms with Crippen molar-refractivity contribution in [1.29, 1.82) is 0 Å². The number of hydrogen-bond acceptors (Lipinski definition) is 5. The van der Waals surface area contributed by atoms with Gasteiger partial charge in [0, 0.05) is 18.4 Å². The molecule has 0 spiro atoms. The summed E-state index contributed by atoms with van der Waals surface area (Å²) in [6.07, 6.45) is 1.74. The third kappa shape index (κ3) is 4.57. The third-order valence-electron chi connectivity index (χ3n) is 5.13. The summed E-state index contributed by atoms with van der Waals surface area (Å²) >= 11 is 1.39. The number of benzene rings is 2. The Hall–Kier alpha value is -3.45. The normalized spacial score (nSPS) is 10.8. The van der Waals surface area contributed by atoms with Gasteiger partial charge in [0.25, 0.3) is 0 Å². The van der Waals surface area contributed by atoms with Crippen LogP contribution in [0.5, 0.6) is 0 Å². The summed E-state index contributed by atoms with van der Waals surface area (Å²) in [5, 5.41) is 9.52. The summed E-state index contributed by atoms with van der Waals surface area (Å²) in [5.74, 6) is 0.940. The first-order valence-corrected chi connectivity index (χ1v) is 11.5. The van der Waals surface area contributed by atoms with Crippen molar-refractivity contribution in [2.75, 3.05) is 17.2 Å². The molecule has 7 heteroatoms. The molecule has 0 saturated heterocycles. The fourth-order valence-corrected chi connectivity index (χ4v) is 4.43. The second-order valence-electron chi connectivity index (χ2n) is 7.41. The number of anilines is 1. The van der Waals surface area contributed by atoms with Crippen LogP contribution in [0.1, 0.15) is 18.1 Å². The Morgan fingerprint density at radius 1 is 1.00 bits per heavy atom. The zero-order valence-electron chi connectivity index (χ0n) is 18.4. The summed E-state index contributed by atoms with van der Waals surface area (Å²) in [4.78, 5) is 19.3. The van der Waals surface area contributed by atoms with Crippen molar-refractivity contribution in [2.24, 2.45) is 0 Å². The summed E-state index contributed by atoms with van der Waals surface area (Å²) in [5.41, 5.74) is 4.90. The van der Waals surface area contributed by atoms with Crippen LogP contribution in [0.25, 0.3) is 17.2 Å². The molecule has 0 unspecified atom stereocenters. The first kappa shape index (κ1) is 21.8. The molecule has 4 aromatic rings. The van der Waals surface area contributed by atoms with Gasteiger partial charge in [-0.1, -0.05) is 53.7 Å². The van der Waals surface area contributed by atoms with Crippen molar-refractivity contribution >= 4 is 23.4 Å². The van der Waals surface area contributed by atoms with Crippen LogP contribution in [-0.2, 0) is 4.79 Å². The Labute approximate surface area is 192 Å². The standard InChI is InChI=1S/C25H25N5OS/c1-4-29(20-10-6-5-7-11-20)23(31)17-32-25-28-27-24(21-12-8-9-15-26-21)30(25)22-14-13-18(2)16-19(22)3/h5-16H,4,17H2,1-3H3. The number of aryl methyl sites for hydroxylation is 2. The van der Waals surface area contributed by atoms with E-state index in [4.69, 9.17) is 0 Å². The van der Waals surface area contributed by atoms with Gasteiger partial charge in [-0.05, 0) is 56.7 Å². The van der Waals surface area contributed by atoms with Crippen LogP contribution in [0.15, 0.2) is 78.1 Å². The van der Waals surface area contributed by atoms with E-state index in [0.717, 1.165) is 22.6 Å². The highest BCUT2D eigenvalue weighted by Gasteiger charge is 2.21. The Morgan fingerprint density at radius 2 is 1.78 bits per heavy atom. The van der Waals surface area contributed by atoms with Crippen LogP contribution >= 0.6 is 11.8 Å². The van der Waals surface area contributed by atoms with E-state index < -0.39 is 0 Å². The van der Waals surface area contributed by atoms with Gasteiger partial charge in [0.05, 0.1) is 11.4 Å². The second kappa shape index (κ2) is 9.78. The minimum atomic E-state index is 0.0262. The number of pyridine rings is 1. The van der Waals surface area contributed by atoms with Crippen molar-refractivity contribution in [3.63, 3.8) is 0 Å². The van der Waals surface area contributed by atoms with Crippen molar-refractivity contribution in [1.82, 2.24) is 19.7 Å². The lowest BCUT2D eigenvalue weighted by molar-refractivity contribution is -0.116. The predicted octanol–water partition coefficient (Wildman–Crippen LogP) is 5.09. The molecule has 4 rings (SSSR count). The van der Waals surface area contributed by atoms with E-state index in [-0.39, 0.29) is 11.7 Å². The first-order chi connectivity index (χ1) is 15.6. The lowest BCUT2D eigenvalue weighted by Crippen LogP contribution is -2.32. The molecule has 162 valence electrons. The minimum absolute atomic E-state index is 0.0262. The number of hydrogen-bond donors (Lipinski definition) is 0. The predicted molar refractivity (Wildman–Crippen MR) is 129 cm³/mol. The fraction of sp³-hybridized carbons (Fsp3) is 0.200. The molecule has 0 aliphatic carbocycles. The molecule has 0 radical (unpaired) electrons. The average Bonchev–Trinajstić information content (AvgIpc) is 3.23. The maximum atomic E-state index is 13.0.